The quantitative estimate of drug-likeness (QED) is 0.0268. The number of terminal acetylenes is 1. The third kappa shape index (κ3) is 34.2. The summed E-state index contributed by atoms with van der Waals surface area (Å²) in [4.78, 5) is 85.9. The lowest BCUT2D eigenvalue weighted by molar-refractivity contribution is -0.119. The molecule has 0 aliphatic rings. The summed E-state index contributed by atoms with van der Waals surface area (Å²) in [6.45, 7) is 25.1. The topological polar surface area (TPSA) is 196 Å². The summed E-state index contributed by atoms with van der Waals surface area (Å²) in [6, 6.07) is 30.6. The van der Waals surface area contributed by atoms with Crippen LogP contribution in [0.25, 0.3) is 0 Å². The maximum Gasteiger partial charge on any atom is 0.139 e. The number of rotatable bonds is 35. The summed E-state index contributed by atoms with van der Waals surface area (Å²) >= 11 is 19.9. The number of benzene rings is 5. The van der Waals surface area contributed by atoms with Crippen LogP contribution in [0.3, 0.4) is 0 Å². The number of Topliss-reactive ketones (excluding diaryl/α,β-unsaturated/α-hetero) is 5. The van der Waals surface area contributed by atoms with Crippen LogP contribution in [0.1, 0.15) is 153 Å². The van der Waals surface area contributed by atoms with Gasteiger partial charge in [-0.25, -0.2) is 24.9 Å². The van der Waals surface area contributed by atoms with E-state index in [2.05, 4.69) is 83.7 Å². The second-order valence-electron chi connectivity index (χ2n) is 25.1. The summed E-state index contributed by atoms with van der Waals surface area (Å²) < 4.78 is 28.2. The largest absolute Gasteiger partial charge is 0.494 e. The Morgan fingerprint density at radius 2 is 0.648 bits per heavy atom. The van der Waals surface area contributed by atoms with Gasteiger partial charge in [0, 0.05) is 104 Å². The van der Waals surface area contributed by atoms with Gasteiger partial charge in [-0.1, -0.05) is 53.4 Å². The van der Waals surface area contributed by atoms with E-state index >= 15 is 0 Å². The van der Waals surface area contributed by atoms with Crippen LogP contribution in [0.4, 0.5) is 0 Å². The van der Waals surface area contributed by atoms with Crippen LogP contribution in [0.2, 0.25) is 10.0 Å². The molecule has 0 N–H and O–H groups in total. The van der Waals surface area contributed by atoms with Crippen molar-refractivity contribution in [3.05, 3.63) is 226 Å². The highest BCUT2D eigenvalue weighted by atomic mass is 35.5. The minimum absolute atomic E-state index is 0.179. The Labute approximate surface area is 649 Å². The molecular formula is C83H95Cl2N5O10S5. The second-order valence-corrected chi connectivity index (χ2v) is 32.5. The summed E-state index contributed by atoms with van der Waals surface area (Å²) in [6.07, 6.45) is 22.8. The first-order valence-electron chi connectivity index (χ1n) is 34.9. The molecule has 5 heterocycles. The molecule has 10 rings (SSSR count). The standard InChI is InChI=1S/C18H23NO2S.C17H16ClNO2S.C17H21NO2S.C16H18ClNO2S.C15H17NO2S/c1-12-8-17(9-13(2)15(12)4)21-7-5-6-16(20)10-18-19-11-14(3)22-18;1-3-13-6-7-15(10-16(13)18)21-8-4-5-14(20)9-17-19-11-12(2)22-17;1-12-6-7-16(9-13(12)2)20-8-4-5-15(19)10-17-18-11-14(3)21-17;1-11-8-14(5-6-15(11)17)20-7-3-4-13(19)9-16-18-10-12(2)21-16;1-12-11-16-15(19-12)10-13(17)6-5-9-18-14-7-3-2-4-8-14/h8-9,11H,5-7,10H2,1-4H3;1,6-7,10-11H,4-5,8-9H2,2H3;6-7,9,11H,4-5,8,10H2,1-3H3;5-6,8,10H,3-4,7,9H2,1-2H3;2-4,7-8,11H,5-6,9-10H2,1H3. The number of carbonyl (C=O) groups excluding carboxylic acids is 5. The van der Waals surface area contributed by atoms with Crippen molar-refractivity contribution in [1.29, 1.82) is 0 Å². The van der Waals surface area contributed by atoms with E-state index in [1.807, 2.05) is 121 Å². The predicted octanol–water partition coefficient (Wildman–Crippen LogP) is 20.3. The lowest BCUT2D eigenvalue weighted by Crippen LogP contribution is -2.06. The molecule has 0 spiro atoms. The molecule has 0 bridgehead atoms. The molecule has 15 nitrogen and oxygen atoms in total. The van der Waals surface area contributed by atoms with Gasteiger partial charge in [-0.3, -0.25) is 24.0 Å². The number of para-hydroxylation sites is 1. The number of thiazole rings is 5. The Morgan fingerprint density at radius 1 is 0.343 bits per heavy atom. The first kappa shape index (κ1) is 85.7. The van der Waals surface area contributed by atoms with Crippen molar-refractivity contribution in [3.63, 3.8) is 0 Å². The Morgan fingerprint density at radius 3 is 0.962 bits per heavy atom. The smallest absolute Gasteiger partial charge is 0.139 e. The summed E-state index contributed by atoms with van der Waals surface area (Å²) in [5.74, 6) is 7.64. The molecule has 0 aliphatic carbocycles. The molecule has 556 valence electrons. The van der Waals surface area contributed by atoms with Gasteiger partial charge >= 0.3 is 0 Å². The monoisotopic (exact) mass is 1550 g/mol. The molecule has 105 heavy (non-hydrogen) atoms. The van der Waals surface area contributed by atoms with Gasteiger partial charge in [-0.15, -0.1) is 63.1 Å². The molecule has 0 atom stereocenters. The maximum atomic E-state index is 11.9. The number of ketones is 5. The molecule has 0 aliphatic heterocycles. The van der Waals surface area contributed by atoms with Crippen molar-refractivity contribution < 1.29 is 47.7 Å². The molecule has 10 aromatic rings. The van der Waals surface area contributed by atoms with Crippen molar-refractivity contribution >= 4 is 109 Å². The van der Waals surface area contributed by atoms with Gasteiger partial charge in [0.15, 0.2) is 0 Å². The molecule has 0 amide bonds. The Kier molecular flexibility index (Phi) is 38.1. The lowest BCUT2D eigenvalue weighted by atomic mass is 10.0. The zero-order chi connectivity index (χ0) is 76.0. The van der Waals surface area contributed by atoms with Gasteiger partial charge < -0.3 is 23.7 Å². The number of halogens is 2. The van der Waals surface area contributed by atoms with Crippen molar-refractivity contribution in [2.75, 3.05) is 33.0 Å². The molecule has 22 heteroatoms. The van der Waals surface area contributed by atoms with E-state index in [1.54, 1.807) is 87.3 Å². The van der Waals surface area contributed by atoms with Crippen LogP contribution in [-0.2, 0) is 56.1 Å². The highest BCUT2D eigenvalue weighted by Gasteiger charge is 2.14. The van der Waals surface area contributed by atoms with Gasteiger partial charge in [-0.05, 0) is 208 Å². The third-order valence-corrected chi connectivity index (χ3v) is 21.1. The molecule has 5 aromatic heterocycles. The number of nitrogens with zero attached hydrogens (tertiary/aromatic N) is 5. The Hall–Kier alpha value is -8.26. The summed E-state index contributed by atoms with van der Waals surface area (Å²) in [7, 11) is 0. The average Bonchev–Trinajstić information content (AvgIpc) is 1.75. The van der Waals surface area contributed by atoms with E-state index in [0.717, 1.165) is 102 Å². The van der Waals surface area contributed by atoms with Gasteiger partial charge in [-0.2, -0.15) is 0 Å². The van der Waals surface area contributed by atoms with Crippen LogP contribution >= 0.6 is 79.9 Å². The van der Waals surface area contributed by atoms with Crippen LogP contribution in [0, 0.1) is 88.5 Å². The minimum Gasteiger partial charge on any atom is -0.494 e. The number of hydrogen-bond donors (Lipinski definition) is 0. The highest BCUT2D eigenvalue weighted by molar-refractivity contribution is 7.12. The van der Waals surface area contributed by atoms with Crippen LogP contribution in [0.5, 0.6) is 28.7 Å². The fourth-order valence-electron chi connectivity index (χ4n) is 9.81. The number of aryl methyl sites for hydroxylation is 10. The molecule has 0 saturated heterocycles. The zero-order valence-electron chi connectivity index (χ0n) is 62.0. The first-order valence-corrected chi connectivity index (χ1v) is 39.7. The minimum atomic E-state index is 0.179. The predicted molar refractivity (Wildman–Crippen MR) is 430 cm³/mol. The fraction of sp³-hybridized carbons (Fsp3) is 0.373. The average molecular weight is 1550 g/mol. The SMILES string of the molecule is C#Cc1ccc(OCCCC(=O)Cc2ncc(C)s2)cc1Cl.Cc1cnc(CC(=O)CCCOc2cc(C)c(C)c(C)c2)s1.Cc1cnc(CC(=O)CCCOc2ccc(C)c(C)c2)s1.Cc1cnc(CC(=O)CCCOc2ccc(Cl)c(C)c2)s1.Cc1cnc(CC(=O)CCCOc2ccccc2)s1. The Balaban J connectivity index is 0.000000206. The van der Waals surface area contributed by atoms with E-state index in [4.69, 9.17) is 53.3 Å². The second kappa shape index (κ2) is 46.6. The molecule has 0 saturated carbocycles. The summed E-state index contributed by atoms with van der Waals surface area (Å²) in [5, 5.41) is 5.73. The van der Waals surface area contributed by atoms with Gasteiger partial charge in [0.25, 0.3) is 0 Å². The normalized spacial score (nSPS) is 10.5. The zero-order valence-corrected chi connectivity index (χ0v) is 67.6. The van der Waals surface area contributed by atoms with Crippen molar-refractivity contribution in [2.24, 2.45) is 0 Å². The Bertz CT molecular complexity index is 4290. The van der Waals surface area contributed by atoms with Gasteiger partial charge in [0.1, 0.15) is 82.7 Å². The number of carbonyl (C=O) groups is 5. The van der Waals surface area contributed by atoms with Crippen molar-refractivity contribution in [2.45, 2.75) is 172 Å². The molecular weight excluding hydrogens is 1460 g/mol. The highest BCUT2D eigenvalue weighted by Crippen LogP contribution is 2.26. The van der Waals surface area contributed by atoms with Crippen LogP contribution in [-0.4, -0.2) is 86.9 Å². The fourth-order valence-corrected chi connectivity index (χ4v) is 14.2. The number of ether oxygens (including phenoxy) is 5. The van der Waals surface area contributed by atoms with Gasteiger partial charge in [0.05, 0.1) is 70.2 Å². The molecule has 5 aromatic carbocycles. The van der Waals surface area contributed by atoms with E-state index in [1.165, 1.54) is 27.8 Å². The summed E-state index contributed by atoms with van der Waals surface area (Å²) in [5.41, 5.74) is 7.91. The van der Waals surface area contributed by atoms with E-state index in [0.29, 0.717) is 126 Å². The van der Waals surface area contributed by atoms with E-state index < -0.39 is 0 Å². The first-order chi connectivity index (χ1) is 50.4. The van der Waals surface area contributed by atoms with Crippen LogP contribution in [0.15, 0.2) is 128 Å². The van der Waals surface area contributed by atoms with Crippen molar-refractivity contribution in [1.82, 2.24) is 24.9 Å². The van der Waals surface area contributed by atoms with E-state index in [9.17, 15) is 24.0 Å². The number of aromatic nitrogens is 5. The third-order valence-electron chi connectivity index (χ3n) is 15.8. The molecule has 0 unspecified atom stereocenters. The van der Waals surface area contributed by atoms with Gasteiger partial charge in [0.2, 0.25) is 0 Å². The van der Waals surface area contributed by atoms with Crippen LogP contribution < -0.4 is 23.7 Å². The maximum absolute atomic E-state index is 11.9. The number of hydrogen-bond acceptors (Lipinski definition) is 20. The molecule has 0 fully saturated rings. The lowest BCUT2D eigenvalue weighted by Gasteiger charge is -2.10. The van der Waals surface area contributed by atoms with E-state index in [-0.39, 0.29) is 28.9 Å². The van der Waals surface area contributed by atoms with Crippen molar-refractivity contribution in [3.8, 4) is 41.1 Å². The molecule has 0 radical (unpaired) electrons.